The Morgan fingerprint density at radius 3 is 2.56 bits per heavy atom. The summed E-state index contributed by atoms with van der Waals surface area (Å²) < 4.78 is 1.28. The molecule has 0 unspecified atom stereocenters. The lowest BCUT2D eigenvalue weighted by Crippen LogP contribution is -2.33. The highest BCUT2D eigenvalue weighted by atomic mass is 16.2. The largest absolute Gasteiger partial charge is 0.294 e. The summed E-state index contributed by atoms with van der Waals surface area (Å²) >= 11 is 0. The van der Waals surface area contributed by atoms with Crippen LogP contribution in [0.3, 0.4) is 0 Å². The van der Waals surface area contributed by atoms with Crippen LogP contribution in [0.1, 0.15) is 30.4 Å². The summed E-state index contributed by atoms with van der Waals surface area (Å²) in [5.74, 6) is 4.70. The van der Waals surface area contributed by atoms with Crippen molar-refractivity contribution in [1.29, 1.82) is 0 Å². The van der Waals surface area contributed by atoms with E-state index in [1.54, 1.807) is 13.8 Å². The van der Waals surface area contributed by atoms with Crippen molar-refractivity contribution in [3.63, 3.8) is 0 Å². The molecule has 0 radical (unpaired) electrons. The molecule has 1 aromatic rings. The molecule has 0 bridgehead atoms. The minimum Gasteiger partial charge on any atom is -0.294 e. The van der Waals surface area contributed by atoms with Gasteiger partial charge in [-0.25, -0.2) is 5.84 Å². The third-order valence-corrected chi connectivity index (χ3v) is 2.90. The fraction of sp³-hybridized carbons (Fsp3) is 0.545. The molecule has 0 aliphatic carbocycles. The Morgan fingerprint density at radius 1 is 1.28 bits per heavy atom. The minimum absolute atomic E-state index is 0.199. The van der Waals surface area contributed by atoms with Crippen LogP contribution in [0.15, 0.2) is 9.59 Å². The summed E-state index contributed by atoms with van der Waals surface area (Å²) in [4.78, 5) is 34.2. The van der Waals surface area contributed by atoms with Gasteiger partial charge in [0, 0.05) is 24.1 Å². The smallest absolute Gasteiger partial charge is 0.268 e. The number of hydrogen-bond acceptors (Lipinski definition) is 4. The van der Waals surface area contributed by atoms with Crippen LogP contribution in [0.5, 0.6) is 0 Å². The third kappa shape index (κ3) is 3.30. The minimum atomic E-state index is -0.258. The zero-order valence-electron chi connectivity index (χ0n) is 10.6. The van der Waals surface area contributed by atoms with Crippen LogP contribution in [-0.2, 0) is 11.3 Å². The van der Waals surface area contributed by atoms with E-state index >= 15 is 0 Å². The van der Waals surface area contributed by atoms with Gasteiger partial charge in [-0.1, -0.05) is 0 Å². The van der Waals surface area contributed by atoms with Gasteiger partial charge in [-0.2, -0.15) is 0 Å². The van der Waals surface area contributed by atoms with E-state index in [1.165, 1.54) is 4.68 Å². The van der Waals surface area contributed by atoms with Crippen molar-refractivity contribution in [2.24, 2.45) is 5.84 Å². The van der Waals surface area contributed by atoms with E-state index in [1.807, 2.05) is 5.43 Å². The molecule has 7 heteroatoms. The number of unbranched alkanes of at least 4 members (excludes halogenated alkanes) is 1. The molecule has 0 aliphatic rings. The van der Waals surface area contributed by atoms with Crippen LogP contribution < -0.4 is 22.4 Å². The molecule has 0 spiro atoms. The molecule has 0 saturated carbocycles. The summed E-state index contributed by atoms with van der Waals surface area (Å²) in [6.07, 6.45) is 1.52. The Labute approximate surface area is 104 Å². The van der Waals surface area contributed by atoms with Crippen LogP contribution in [0.25, 0.3) is 0 Å². The molecule has 18 heavy (non-hydrogen) atoms. The zero-order valence-corrected chi connectivity index (χ0v) is 10.6. The lowest BCUT2D eigenvalue weighted by Gasteiger charge is -2.07. The number of rotatable bonds is 5. The topological polar surface area (TPSA) is 110 Å². The number of nitrogens with one attached hydrogen (secondary N) is 2. The molecule has 0 fully saturated rings. The molecule has 4 N–H and O–H groups in total. The number of nitrogens with zero attached hydrogens (tertiary/aromatic N) is 1. The summed E-state index contributed by atoms with van der Waals surface area (Å²) in [5, 5.41) is 2.51. The number of hydrazine groups is 1. The number of aryl methyl sites for hydroxylation is 1. The third-order valence-electron chi connectivity index (χ3n) is 2.90. The van der Waals surface area contributed by atoms with Gasteiger partial charge in [0.05, 0.1) is 0 Å². The molecule has 0 saturated heterocycles. The van der Waals surface area contributed by atoms with E-state index in [0.29, 0.717) is 36.9 Å². The van der Waals surface area contributed by atoms with Gasteiger partial charge in [-0.15, -0.1) is 0 Å². The van der Waals surface area contributed by atoms with Crippen molar-refractivity contribution in [2.75, 3.05) is 0 Å². The first-order valence-electron chi connectivity index (χ1n) is 5.77. The maximum Gasteiger partial charge on any atom is 0.268 e. The monoisotopic (exact) mass is 254 g/mol. The number of hydrogen-bond donors (Lipinski definition) is 3. The van der Waals surface area contributed by atoms with Crippen molar-refractivity contribution in [1.82, 2.24) is 15.2 Å². The fourth-order valence-electron chi connectivity index (χ4n) is 1.58. The second kappa shape index (κ2) is 6.15. The Balaban J connectivity index is 2.67. The average Bonchev–Trinajstić information content (AvgIpc) is 2.37. The molecular formula is C11H18N4O3. The van der Waals surface area contributed by atoms with Gasteiger partial charge >= 0.3 is 0 Å². The number of H-pyrrole nitrogens is 1. The van der Waals surface area contributed by atoms with Crippen LogP contribution >= 0.6 is 0 Å². The molecule has 7 nitrogen and oxygen atoms in total. The molecule has 1 heterocycles. The molecule has 0 aromatic carbocycles. The highest BCUT2D eigenvalue weighted by Gasteiger charge is 2.07. The van der Waals surface area contributed by atoms with Crippen LogP contribution in [0, 0.1) is 13.8 Å². The average molecular weight is 254 g/mol. The summed E-state index contributed by atoms with van der Waals surface area (Å²) in [6, 6.07) is 0. The Morgan fingerprint density at radius 2 is 1.94 bits per heavy atom. The predicted octanol–water partition coefficient (Wildman–Crippen LogP) is -0.686. The van der Waals surface area contributed by atoms with Gasteiger partial charge in [0.25, 0.3) is 11.1 Å². The molecule has 1 rings (SSSR count). The van der Waals surface area contributed by atoms with E-state index in [2.05, 4.69) is 5.10 Å². The van der Waals surface area contributed by atoms with Gasteiger partial charge in [0.15, 0.2) is 0 Å². The van der Waals surface area contributed by atoms with E-state index < -0.39 is 0 Å². The van der Waals surface area contributed by atoms with Crippen molar-refractivity contribution in [3.8, 4) is 0 Å². The van der Waals surface area contributed by atoms with E-state index in [0.717, 1.165) is 0 Å². The first-order chi connectivity index (χ1) is 8.47. The van der Waals surface area contributed by atoms with Gasteiger partial charge in [-0.05, 0) is 26.7 Å². The standard InChI is InChI=1S/C11H18N4O3/c1-7-8(2)11(18)15(14-10(7)17)6-4-3-5-9(16)13-12/h3-6,12H2,1-2H3,(H,13,16)(H,14,17). The number of nitrogens with two attached hydrogens (primary N) is 1. The number of amides is 1. The number of carbonyl (C=O) groups is 1. The SMILES string of the molecule is Cc1c(C)c(=O)n(CCCCC(=O)NN)[nH]c1=O. The van der Waals surface area contributed by atoms with Gasteiger partial charge in [-0.3, -0.25) is 29.6 Å². The van der Waals surface area contributed by atoms with Crippen molar-refractivity contribution < 1.29 is 4.79 Å². The maximum atomic E-state index is 11.8. The van der Waals surface area contributed by atoms with Crippen molar-refractivity contribution in [2.45, 2.75) is 39.7 Å². The van der Waals surface area contributed by atoms with E-state index in [4.69, 9.17) is 5.84 Å². The van der Waals surface area contributed by atoms with E-state index in [9.17, 15) is 14.4 Å². The molecular weight excluding hydrogens is 236 g/mol. The van der Waals surface area contributed by atoms with Crippen molar-refractivity contribution in [3.05, 3.63) is 31.8 Å². The number of aromatic nitrogens is 2. The number of carbonyl (C=O) groups excluding carboxylic acids is 1. The van der Waals surface area contributed by atoms with Crippen LogP contribution in [0.4, 0.5) is 0 Å². The lowest BCUT2D eigenvalue weighted by atomic mass is 10.2. The Hall–Kier alpha value is -1.89. The molecule has 1 amide bonds. The lowest BCUT2D eigenvalue weighted by molar-refractivity contribution is -0.121. The quantitative estimate of drug-likeness (QED) is 0.279. The summed E-state index contributed by atoms with van der Waals surface area (Å²) in [6.45, 7) is 3.63. The normalized spacial score (nSPS) is 10.4. The second-order valence-corrected chi connectivity index (χ2v) is 4.17. The Bertz CT molecular complexity index is 544. The first kappa shape index (κ1) is 14.2. The van der Waals surface area contributed by atoms with Crippen molar-refractivity contribution >= 4 is 5.91 Å². The first-order valence-corrected chi connectivity index (χ1v) is 5.77. The van der Waals surface area contributed by atoms with Crippen LogP contribution in [-0.4, -0.2) is 15.7 Å². The zero-order chi connectivity index (χ0) is 13.7. The number of aromatic amines is 1. The van der Waals surface area contributed by atoms with Gasteiger partial charge in [0.1, 0.15) is 0 Å². The van der Waals surface area contributed by atoms with E-state index in [-0.39, 0.29) is 17.0 Å². The second-order valence-electron chi connectivity index (χ2n) is 4.17. The van der Waals surface area contributed by atoms with Gasteiger partial charge in [0.2, 0.25) is 5.91 Å². The van der Waals surface area contributed by atoms with Gasteiger partial charge < -0.3 is 0 Å². The highest BCUT2D eigenvalue weighted by molar-refractivity contribution is 5.74. The molecule has 0 atom stereocenters. The molecule has 100 valence electrons. The molecule has 1 aromatic heterocycles. The Kier molecular flexibility index (Phi) is 4.85. The predicted molar refractivity (Wildman–Crippen MR) is 67.0 cm³/mol. The fourth-order valence-corrected chi connectivity index (χ4v) is 1.58. The maximum absolute atomic E-state index is 11.8. The van der Waals surface area contributed by atoms with Crippen LogP contribution in [0.2, 0.25) is 0 Å². The summed E-state index contributed by atoms with van der Waals surface area (Å²) in [7, 11) is 0. The summed E-state index contributed by atoms with van der Waals surface area (Å²) in [5.41, 5.74) is 2.48. The molecule has 0 aliphatic heterocycles. The highest BCUT2D eigenvalue weighted by Crippen LogP contribution is 1.97.